The molecule has 0 saturated heterocycles. The maximum absolute atomic E-state index is 10.4. The van der Waals surface area contributed by atoms with E-state index in [2.05, 4.69) is 9.97 Å². The van der Waals surface area contributed by atoms with E-state index in [0.717, 1.165) is 0 Å². The second-order valence-electron chi connectivity index (χ2n) is 2.74. The highest BCUT2D eigenvalue weighted by molar-refractivity contribution is 5.88. The lowest BCUT2D eigenvalue weighted by Crippen LogP contribution is -1.93. The zero-order valence-corrected chi connectivity index (χ0v) is 6.74. The van der Waals surface area contributed by atoms with Crippen molar-refractivity contribution in [3.8, 4) is 0 Å². The average Bonchev–Trinajstić information content (AvgIpc) is 2.48. The van der Waals surface area contributed by atoms with Crippen molar-refractivity contribution in [3.05, 3.63) is 18.0 Å². The average molecular weight is 176 g/mol. The molecule has 2 rings (SSSR count). The number of hydrogen-bond donors (Lipinski definition) is 3. The molecule has 0 atom stereocenters. The number of nitrogens with one attached hydrogen (secondary N) is 1. The Kier molecular flexibility index (Phi) is 1.45. The molecule has 5 nitrogen and oxygen atoms in total. The van der Waals surface area contributed by atoms with Crippen LogP contribution in [0.5, 0.6) is 0 Å². The van der Waals surface area contributed by atoms with Gasteiger partial charge in [0.15, 0.2) is 12.1 Å². The molecule has 5 heteroatoms. The number of hydrogen-bond acceptors (Lipinski definition) is 4. The van der Waals surface area contributed by atoms with Crippen LogP contribution < -0.4 is 11.5 Å². The fraction of sp³-hybridized carbons (Fsp3) is 0. The first-order chi connectivity index (χ1) is 6.20. The number of fused-ring (bicyclic) bond motifs is 1. The first-order valence-corrected chi connectivity index (χ1v) is 3.70. The second kappa shape index (κ2) is 2.48. The number of nitrogens with two attached hydrogens (primary N) is 2. The molecule has 0 fully saturated rings. The van der Waals surface area contributed by atoms with Gasteiger partial charge < -0.3 is 16.5 Å². The summed E-state index contributed by atoms with van der Waals surface area (Å²) in [6, 6.07) is 3.29. The Balaban J connectivity index is 2.77. The lowest BCUT2D eigenvalue weighted by molar-refractivity contribution is 0.111. The summed E-state index contributed by atoms with van der Waals surface area (Å²) in [5, 5.41) is 0. The van der Waals surface area contributed by atoms with Crippen LogP contribution in [0.4, 0.5) is 11.4 Å². The smallest absolute Gasteiger partial charge is 0.185 e. The second-order valence-corrected chi connectivity index (χ2v) is 2.74. The van der Waals surface area contributed by atoms with Gasteiger partial charge in [0.2, 0.25) is 0 Å². The summed E-state index contributed by atoms with van der Waals surface area (Å²) < 4.78 is 0. The quantitative estimate of drug-likeness (QED) is 0.436. The maximum atomic E-state index is 10.4. The molecule has 66 valence electrons. The van der Waals surface area contributed by atoms with Crippen molar-refractivity contribution in [1.29, 1.82) is 0 Å². The Hall–Kier alpha value is -2.04. The van der Waals surface area contributed by atoms with E-state index in [1.165, 1.54) is 0 Å². The highest BCUT2D eigenvalue weighted by Gasteiger charge is 2.03. The number of anilines is 2. The van der Waals surface area contributed by atoms with Crippen LogP contribution in [-0.4, -0.2) is 16.3 Å². The van der Waals surface area contributed by atoms with Gasteiger partial charge in [-0.2, -0.15) is 0 Å². The van der Waals surface area contributed by atoms with Crippen molar-refractivity contribution >= 4 is 28.7 Å². The van der Waals surface area contributed by atoms with Crippen LogP contribution in [0.1, 0.15) is 10.6 Å². The lowest BCUT2D eigenvalue weighted by Gasteiger charge is -1.97. The SMILES string of the molecule is Nc1cc2nc(C=O)[nH]c2cc1N. The molecule has 1 heterocycles. The summed E-state index contributed by atoms with van der Waals surface area (Å²) in [7, 11) is 0. The molecule has 2 aromatic rings. The molecular formula is C8H8N4O. The molecule has 0 bridgehead atoms. The van der Waals surface area contributed by atoms with E-state index in [-0.39, 0.29) is 5.82 Å². The highest BCUT2D eigenvalue weighted by atomic mass is 16.1. The van der Waals surface area contributed by atoms with E-state index in [1.54, 1.807) is 12.1 Å². The number of nitrogen functional groups attached to an aromatic ring is 2. The monoisotopic (exact) mass is 176 g/mol. The minimum Gasteiger partial charge on any atom is -0.397 e. The van der Waals surface area contributed by atoms with Gasteiger partial charge in [0.25, 0.3) is 0 Å². The Morgan fingerprint density at radius 2 is 2.00 bits per heavy atom. The summed E-state index contributed by atoms with van der Waals surface area (Å²) in [6.45, 7) is 0. The molecule has 0 saturated carbocycles. The van der Waals surface area contributed by atoms with E-state index < -0.39 is 0 Å². The van der Waals surface area contributed by atoms with Gasteiger partial charge in [0.05, 0.1) is 22.4 Å². The topological polar surface area (TPSA) is 97.8 Å². The van der Waals surface area contributed by atoms with Crippen molar-refractivity contribution in [3.63, 3.8) is 0 Å². The van der Waals surface area contributed by atoms with E-state index >= 15 is 0 Å². The number of rotatable bonds is 1. The number of aldehydes is 1. The number of carbonyl (C=O) groups excluding carboxylic acids is 1. The van der Waals surface area contributed by atoms with Crippen LogP contribution in [0.25, 0.3) is 11.0 Å². The number of H-pyrrole nitrogens is 1. The van der Waals surface area contributed by atoms with Gasteiger partial charge >= 0.3 is 0 Å². The number of carbonyl (C=O) groups is 1. The van der Waals surface area contributed by atoms with Crippen molar-refractivity contribution in [2.24, 2.45) is 0 Å². The predicted octanol–water partition coefficient (Wildman–Crippen LogP) is 0.540. The predicted molar refractivity (Wildman–Crippen MR) is 50.3 cm³/mol. The van der Waals surface area contributed by atoms with Gasteiger partial charge in [-0.05, 0) is 12.1 Å². The fourth-order valence-corrected chi connectivity index (χ4v) is 1.17. The molecule has 0 aliphatic carbocycles. The molecule has 0 amide bonds. The van der Waals surface area contributed by atoms with Gasteiger partial charge in [-0.3, -0.25) is 4.79 Å². The van der Waals surface area contributed by atoms with Crippen LogP contribution in [0, 0.1) is 0 Å². The van der Waals surface area contributed by atoms with Gasteiger partial charge in [0, 0.05) is 0 Å². The normalized spacial score (nSPS) is 10.5. The van der Waals surface area contributed by atoms with E-state index in [0.29, 0.717) is 28.7 Å². The van der Waals surface area contributed by atoms with Gasteiger partial charge in [-0.15, -0.1) is 0 Å². The molecule has 1 aromatic heterocycles. The summed E-state index contributed by atoms with van der Waals surface area (Å²) in [6.07, 6.45) is 0.645. The molecule has 13 heavy (non-hydrogen) atoms. The first-order valence-electron chi connectivity index (χ1n) is 3.70. The molecule has 0 spiro atoms. The number of benzene rings is 1. The molecule has 0 aliphatic rings. The summed E-state index contributed by atoms with van der Waals surface area (Å²) >= 11 is 0. The standard InChI is InChI=1S/C8H8N4O/c9-4-1-6-7(2-5(4)10)12-8(3-13)11-6/h1-3H,9-10H2,(H,11,12). The summed E-state index contributed by atoms with van der Waals surface area (Å²) in [4.78, 5) is 17.2. The third-order valence-electron chi connectivity index (χ3n) is 1.82. The number of imidazole rings is 1. The minimum absolute atomic E-state index is 0.278. The Morgan fingerprint density at radius 3 is 2.69 bits per heavy atom. The zero-order chi connectivity index (χ0) is 9.42. The summed E-state index contributed by atoms with van der Waals surface area (Å²) in [5.74, 6) is 0.278. The van der Waals surface area contributed by atoms with Gasteiger partial charge in [-0.25, -0.2) is 4.98 Å². The third kappa shape index (κ3) is 1.10. The van der Waals surface area contributed by atoms with Crippen LogP contribution in [0.15, 0.2) is 12.1 Å². The van der Waals surface area contributed by atoms with Gasteiger partial charge in [-0.1, -0.05) is 0 Å². The molecule has 5 N–H and O–H groups in total. The number of nitrogens with zero attached hydrogens (tertiary/aromatic N) is 1. The third-order valence-corrected chi connectivity index (χ3v) is 1.82. The van der Waals surface area contributed by atoms with Crippen LogP contribution >= 0.6 is 0 Å². The Labute approximate surface area is 73.7 Å². The molecular weight excluding hydrogens is 168 g/mol. The summed E-state index contributed by atoms with van der Waals surface area (Å²) in [5.41, 5.74) is 13.5. The van der Waals surface area contributed by atoms with Crippen molar-refractivity contribution in [1.82, 2.24) is 9.97 Å². The van der Waals surface area contributed by atoms with E-state index in [4.69, 9.17) is 11.5 Å². The van der Waals surface area contributed by atoms with E-state index in [9.17, 15) is 4.79 Å². The van der Waals surface area contributed by atoms with Crippen LogP contribution in [-0.2, 0) is 0 Å². The van der Waals surface area contributed by atoms with Crippen LogP contribution in [0.3, 0.4) is 0 Å². The highest BCUT2D eigenvalue weighted by Crippen LogP contribution is 2.21. The van der Waals surface area contributed by atoms with Crippen LogP contribution in [0.2, 0.25) is 0 Å². The Morgan fingerprint density at radius 1 is 1.31 bits per heavy atom. The largest absolute Gasteiger partial charge is 0.397 e. The molecule has 1 aromatic carbocycles. The number of aromatic nitrogens is 2. The zero-order valence-electron chi connectivity index (χ0n) is 6.74. The Bertz CT molecular complexity index is 435. The van der Waals surface area contributed by atoms with Crippen molar-refractivity contribution in [2.75, 3.05) is 11.5 Å². The van der Waals surface area contributed by atoms with Crippen molar-refractivity contribution < 1.29 is 4.79 Å². The first kappa shape index (κ1) is 7.60. The lowest BCUT2D eigenvalue weighted by atomic mass is 10.2. The molecule has 0 aliphatic heterocycles. The van der Waals surface area contributed by atoms with Crippen molar-refractivity contribution in [2.45, 2.75) is 0 Å². The fourth-order valence-electron chi connectivity index (χ4n) is 1.17. The maximum Gasteiger partial charge on any atom is 0.185 e. The minimum atomic E-state index is 0.278. The van der Waals surface area contributed by atoms with Gasteiger partial charge in [0.1, 0.15) is 0 Å². The van der Waals surface area contributed by atoms with E-state index in [1.807, 2.05) is 0 Å². The molecule has 0 radical (unpaired) electrons. The molecule has 0 unspecified atom stereocenters. The number of aromatic amines is 1.